The standard InChI is InChI=1S/C18H26S2.C14H23BrS.C4H8O/c1-2-3-4-5-6-7-8-9-11-16-13-14-18(20-16)17-12-10-15-19-17;1-2-3-4-5-6-7-8-9-10-13-11-12-14(15)16-13;1-2-4-5-3-1/h10,12-15H,2-9,11H2,1H3;11-12H,2-10H2,1H3;1-4H2. The van der Waals surface area contributed by atoms with Gasteiger partial charge in [0, 0.05) is 32.7 Å². The first-order chi connectivity index (χ1) is 20.2. The number of thiophene rings is 3. The van der Waals surface area contributed by atoms with Gasteiger partial charge >= 0.3 is 0 Å². The summed E-state index contributed by atoms with van der Waals surface area (Å²) in [6.07, 6.45) is 27.6. The van der Waals surface area contributed by atoms with Crippen LogP contribution in [0.25, 0.3) is 9.75 Å². The summed E-state index contributed by atoms with van der Waals surface area (Å²) in [5.74, 6) is 0. The molecular formula is C36H57BrOS3. The predicted molar refractivity (Wildman–Crippen MR) is 192 cm³/mol. The molecular weight excluding hydrogens is 625 g/mol. The number of unbranched alkanes of at least 4 members (excludes halogenated alkanes) is 14. The summed E-state index contributed by atoms with van der Waals surface area (Å²) < 4.78 is 6.21. The molecule has 0 radical (unpaired) electrons. The second-order valence-electron chi connectivity index (χ2n) is 11.2. The molecule has 3 aromatic rings. The Labute approximate surface area is 273 Å². The minimum Gasteiger partial charge on any atom is -0.381 e. The van der Waals surface area contributed by atoms with Gasteiger partial charge in [-0.25, -0.2) is 0 Å². The molecule has 0 atom stereocenters. The van der Waals surface area contributed by atoms with Crippen molar-refractivity contribution < 1.29 is 4.74 Å². The van der Waals surface area contributed by atoms with E-state index in [1.165, 1.54) is 147 Å². The van der Waals surface area contributed by atoms with E-state index in [0.29, 0.717) is 0 Å². The van der Waals surface area contributed by atoms with Crippen molar-refractivity contribution in [2.24, 2.45) is 0 Å². The maximum atomic E-state index is 4.94. The normalized spacial score (nSPS) is 12.6. The fourth-order valence-corrected chi connectivity index (χ4v) is 8.34. The summed E-state index contributed by atoms with van der Waals surface area (Å²) in [5.41, 5.74) is 0. The molecule has 0 amide bonds. The van der Waals surface area contributed by atoms with Crippen molar-refractivity contribution in [3.63, 3.8) is 0 Å². The van der Waals surface area contributed by atoms with Gasteiger partial charge in [0.1, 0.15) is 0 Å². The molecule has 1 nitrogen and oxygen atoms in total. The molecule has 232 valence electrons. The molecule has 4 heterocycles. The van der Waals surface area contributed by atoms with E-state index >= 15 is 0 Å². The van der Waals surface area contributed by atoms with Crippen LogP contribution in [0.4, 0.5) is 0 Å². The number of hydrogen-bond acceptors (Lipinski definition) is 4. The third-order valence-corrected chi connectivity index (χ3v) is 11.3. The van der Waals surface area contributed by atoms with E-state index in [9.17, 15) is 0 Å². The lowest BCUT2D eigenvalue weighted by atomic mass is 10.1. The number of aryl methyl sites for hydroxylation is 2. The minimum absolute atomic E-state index is 1.00. The van der Waals surface area contributed by atoms with Crippen molar-refractivity contribution in [1.29, 1.82) is 0 Å². The molecule has 0 unspecified atom stereocenters. The van der Waals surface area contributed by atoms with Crippen molar-refractivity contribution in [2.75, 3.05) is 13.2 Å². The lowest BCUT2D eigenvalue weighted by Gasteiger charge is -2.00. The highest BCUT2D eigenvalue weighted by molar-refractivity contribution is 9.11. The van der Waals surface area contributed by atoms with E-state index in [0.717, 1.165) is 13.2 Å². The van der Waals surface area contributed by atoms with Crippen LogP contribution in [0, 0.1) is 0 Å². The second kappa shape index (κ2) is 26.0. The van der Waals surface area contributed by atoms with E-state index in [2.05, 4.69) is 71.6 Å². The minimum atomic E-state index is 1.00. The van der Waals surface area contributed by atoms with Gasteiger partial charge in [0.25, 0.3) is 0 Å². The average Bonchev–Trinajstić information content (AvgIpc) is 3.81. The fourth-order valence-electron chi connectivity index (χ4n) is 4.93. The van der Waals surface area contributed by atoms with E-state index in [4.69, 9.17) is 4.74 Å². The Morgan fingerprint density at radius 3 is 1.54 bits per heavy atom. The molecule has 0 spiro atoms. The smallest absolute Gasteiger partial charge is 0.0701 e. The molecule has 0 saturated carbocycles. The van der Waals surface area contributed by atoms with Crippen molar-refractivity contribution in [3.05, 3.63) is 55.3 Å². The van der Waals surface area contributed by atoms with Crippen LogP contribution in [0.2, 0.25) is 0 Å². The van der Waals surface area contributed by atoms with Gasteiger partial charge in [-0.1, -0.05) is 110 Å². The van der Waals surface area contributed by atoms with Gasteiger partial charge in [-0.05, 0) is 90.2 Å². The van der Waals surface area contributed by atoms with E-state index in [-0.39, 0.29) is 0 Å². The Morgan fingerprint density at radius 2 is 1.10 bits per heavy atom. The summed E-state index contributed by atoms with van der Waals surface area (Å²) in [6.45, 7) is 6.56. The summed E-state index contributed by atoms with van der Waals surface area (Å²) in [5, 5.41) is 2.16. The van der Waals surface area contributed by atoms with Gasteiger partial charge < -0.3 is 4.74 Å². The SMILES string of the molecule is C1CCOC1.CCCCCCCCCCc1ccc(-c2cccs2)s1.CCCCCCCCCCc1ccc(Br)s1. The lowest BCUT2D eigenvalue weighted by molar-refractivity contribution is 0.198. The highest BCUT2D eigenvalue weighted by Gasteiger charge is 2.03. The van der Waals surface area contributed by atoms with Crippen LogP contribution >= 0.6 is 49.9 Å². The molecule has 1 aliphatic heterocycles. The molecule has 0 aromatic carbocycles. The van der Waals surface area contributed by atoms with E-state index < -0.39 is 0 Å². The molecule has 41 heavy (non-hydrogen) atoms. The monoisotopic (exact) mass is 680 g/mol. The van der Waals surface area contributed by atoms with Crippen molar-refractivity contribution in [1.82, 2.24) is 0 Å². The largest absolute Gasteiger partial charge is 0.381 e. The van der Waals surface area contributed by atoms with Gasteiger partial charge in [-0.15, -0.1) is 34.0 Å². The van der Waals surface area contributed by atoms with Crippen molar-refractivity contribution in [3.8, 4) is 9.75 Å². The van der Waals surface area contributed by atoms with Gasteiger partial charge in [0.05, 0.1) is 3.79 Å². The Kier molecular flexibility index (Phi) is 23.3. The topological polar surface area (TPSA) is 9.23 Å². The highest BCUT2D eigenvalue weighted by atomic mass is 79.9. The Balaban J connectivity index is 0.000000249. The first kappa shape index (κ1) is 36.7. The molecule has 1 saturated heterocycles. The van der Waals surface area contributed by atoms with Crippen molar-refractivity contribution in [2.45, 2.75) is 142 Å². The quantitative estimate of drug-likeness (QED) is 0.114. The van der Waals surface area contributed by atoms with E-state index in [1.807, 2.05) is 34.0 Å². The summed E-state index contributed by atoms with van der Waals surface area (Å²) in [6, 6.07) is 13.4. The van der Waals surface area contributed by atoms with Crippen LogP contribution in [0.3, 0.4) is 0 Å². The number of hydrogen-bond donors (Lipinski definition) is 0. The molecule has 3 aromatic heterocycles. The Hall–Kier alpha value is -0.460. The first-order valence-electron chi connectivity index (χ1n) is 16.7. The second-order valence-corrected chi connectivity index (χ2v) is 15.9. The molecule has 0 bridgehead atoms. The van der Waals surface area contributed by atoms with Crippen molar-refractivity contribution >= 4 is 49.9 Å². The maximum Gasteiger partial charge on any atom is 0.0701 e. The predicted octanol–water partition coefficient (Wildman–Crippen LogP) is 14.2. The molecule has 5 heteroatoms. The van der Waals surface area contributed by atoms with Gasteiger partial charge in [0.2, 0.25) is 0 Å². The molecule has 1 fully saturated rings. The average molecular weight is 682 g/mol. The highest BCUT2D eigenvalue weighted by Crippen LogP contribution is 2.32. The van der Waals surface area contributed by atoms with Crippen LogP contribution < -0.4 is 0 Å². The summed E-state index contributed by atoms with van der Waals surface area (Å²) >= 11 is 9.20. The Morgan fingerprint density at radius 1 is 0.585 bits per heavy atom. The van der Waals surface area contributed by atoms with Gasteiger partial charge in [-0.3, -0.25) is 0 Å². The maximum absolute atomic E-state index is 4.94. The van der Waals surface area contributed by atoms with E-state index in [1.54, 1.807) is 4.88 Å². The number of ether oxygens (including phenoxy) is 1. The zero-order valence-electron chi connectivity index (χ0n) is 26.1. The zero-order chi connectivity index (χ0) is 29.2. The number of rotatable bonds is 19. The van der Waals surface area contributed by atoms with Crippen LogP contribution in [-0.2, 0) is 17.6 Å². The molecule has 0 N–H and O–H groups in total. The van der Waals surface area contributed by atoms with Gasteiger partial charge in [-0.2, -0.15) is 0 Å². The lowest BCUT2D eigenvalue weighted by Crippen LogP contribution is -1.83. The third-order valence-electron chi connectivity index (χ3n) is 7.44. The van der Waals surface area contributed by atoms with Crippen LogP contribution in [0.1, 0.15) is 139 Å². The van der Waals surface area contributed by atoms with Gasteiger partial charge in [0.15, 0.2) is 0 Å². The first-order valence-corrected chi connectivity index (χ1v) is 20.0. The summed E-state index contributed by atoms with van der Waals surface area (Å²) in [7, 11) is 0. The molecule has 4 rings (SSSR count). The van der Waals surface area contributed by atoms with Crippen LogP contribution in [0.5, 0.6) is 0 Å². The molecule has 0 aliphatic carbocycles. The van der Waals surface area contributed by atoms with Crippen LogP contribution in [0.15, 0.2) is 45.6 Å². The Bertz CT molecular complexity index is 934. The molecule has 1 aliphatic rings. The third kappa shape index (κ3) is 19.4. The number of halogens is 1. The zero-order valence-corrected chi connectivity index (χ0v) is 30.1. The fraction of sp³-hybridized carbons (Fsp3) is 0.667. The van der Waals surface area contributed by atoms with Crippen LogP contribution in [-0.4, -0.2) is 13.2 Å². The summed E-state index contributed by atoms with van der Waals surface area (Å²) in [4.78, 5) is 5.93.